The molecule has 3 aliphatic rings. The lowest BCUT2D eigenvalue weighted by atomic mass is 9.57. The third-order valence-corrected chi connectivity index (χ3v) is 7.16. The molecule has 0 spiro atoms. The van der Waals surface area contributed by atoms with Crippen LogP contribution in [-0.2, 0) is 4.79 Å². The Bertz CT molecular complexity index is 558. The molecule has 2 saturated carbocycles. The molecule has 5 heteroatoms. The van der Waals surface area contributed by atoms with Crippen LogP contribution in [0.2, 0.25) is 0 Å². The molecule has 7 unspecified atom stereocenters. The topological polar surface area (TPSA) is 90.1 Å². The largest absolute Gasteiger partial charge is 0.411 e. The quantitative estimate of drug-likeness (QED) is 0.218. The van der Waals surface area contributed by atoms with Crippen LogP contribution in [0.5, 0.6) is 0 Å². The van der Waals surface area contributed by atoms with Crippen molar-refractivity contribution in [3.8, 4) is 0 Å². The van der Waals surface area contributed by atoms with Crippen LogP contribution in [0.25, 0.3) is 0 Å². The van der Waals surface area contributed by atoms with Crippen molar-refractivity contribution in [2.24, 2.45) is 34.2 Å². The smallest absolute Gasteiger partial charge is 0.116 e. The minimum atomic E-state index is -0.642. The van der Waals surface area contributed by atoms with Crippen LogP contribution in [0, 0.1) is 29.1 Å². The van der Waals surface area contributed by atoms with Crippen molar-refractivity contribution >= 4 is 12.0 Å². The summed E-state index contributed by atoms with van der Waals surface area (Å²) in [6, 6.07) is 0. The first-order valence-corrected chi connectivity index (χ1v) is 9.94. The van der Waals surface area contributed by atoms with E-state index in [2.05, 4.69) is 25.1 Å². The number of nitrogens with zero attached hydrogens (tertiary/aromatic N) is 1. The summed E-state index contributed by atoms with van der Waals surface area (Å²) in [5.74, 6) is 1.81. The van der Waals surface area contributed by atoms with Gasteiger partial charge in [0, 0.05) is 5.92 Å². The van der Waals surface area contributed by atoms with Gasteiger partial charge in [-0.2, -0.15) is 0 Å². The van der Waals surface area contributed by atoms with Gasteiger partial charge in [0.05, 0.1) is 17.9 Å². The number of allylic oxidation sites excluding steroid dienone is 1. The van der Waals surface area contributed by atoms with Crippen molar-refractivity contribution in [2.45, 2.75) is 78.4 Å². The van der Waals surface area contributed by atoms with Gasteiger partial charge in [0.2, 0.25) is 0 Å². The lowest BCUT2D eigenvalue weighted by molar-refractivity contribution is -0.106. The summed E-state index contributed by atoms with van der Waals surface area (Å²) in [5, 5.41) is 33.0. The van der Waals surface area contributed by atoms with Gasteiger partial charge >= 0.3 is 0 Å². The molecule has 0 heterocycles. The molecule has 148 valence electrons. The molecule has 3 rings (SSSR count). The Kier molecular flexibility index (Phi) is 7.03. The third kappa shape index (κ3) is 3.89. The third-order valence-electron chi connectivity index (χ3n) is 7.16. The molecule has 7 atom stereocenters. The summed E-state index contributed by atoms with van der Waals surface area (Å²) < 4.78 is 0. The summed E-state index contributed by atoms with van der Waals surface area (Å²) in [6.45, 7) is 7.96. The Morgan fingerprint density at radius 3 is 2.54 bits per heavy atom. The summed E-state index contributed by atoms with van der Waals surface area (Å²) in [5.41, 5.74) is 2.54. The van der Waals surface area contributed by atoms with Crippen molar-refractivity contribution in [2.75, 3.05) is 0 Å². The van der Waals surface area contributed by atoms with Gasteiger partial charge in [-0.1, -0.05) is 30.7 Å². The molecular formula is C21H35NO4. The Labute approximate surface area is 157 Å². The minimum absolute atomic E-state index is 0.168. The van der Waals surface area contributed by atoms with Crippen LogP contribution in [-0.4, -0.2) is 39.6 Å². The fourth-order valence-corrected chi connectivity index (χ4v) is 5.80. The number of rotatable bonds is 1. The molecule has 0 amide bonds. The van der Waals surface area contributed by atoms with E-state index in [1.165, 1.54) is 12.5 Å². The van der Waals surface area contributed by atoms with Gasteiger partial charge in [-0.15, -0.1) is 0 Å². The molecule has 0 aromatic heterocycles. The van der Waals surface area contributed by atoms with E-state index in [-0.39, 0.29) is 5.41 Å². The normalized spacial score (nSPS) is 45.0. The molecule has 0 aliphatic heterocycles. The highest BCUT2D eigenvalue weighted by molar-refractivity contribution is 5.85. The maximum absolute atomic E-state index is 10.1. The van der Waals surface area contributed by atoms with Gasteiger partial charge in [-0.25, -0.2) is 0 Å². The highest BCUT2D eigenvalue weighted by Gasteiger charge is 2.53. The Hall–Kier alpha value is -1.20. The highest BCUT2D eigenvalue weighted by atomic mass is 16.4. The van der Waals surface area contributed by atoms with Gasteiger partial charge in [0.15, 0.2) is 0 Å². The van der Waals surface area contributed by atoms with Crippen LogP contribution in [0.15, 0.2) is 16.8 Å². The van der Waals surface area contributed by atoms with Crippen molar-refractivity contribution in [3.05, 3.63) is 11.6 Å². The first kappa shape index (κ1) is 21.1. The summed E-state index contributed by atoms with van der Waals surface area (Å²) in [7, 11) is 0. The second-order valence-corrected chi connectivity index (χ2v) is 8.60. The number of aliphatic hydroxyl groups excluding tert-OH is 2. The number of aliphatic hydroxyl groups is 2. The van der Waals surface area contributed by atoms with E-state index in [1.54, 1.807) is 0 Å². The lowest BCUT2D eigenvalue weighted by Gasteiger charge is -2.48. The van der Waals surface area contributed by atoms with Crippen LogP contribution in [0.3, 0.4) is 0 Å². The summed E-state index contributed by atoms with van der Waals surface area (Å²) in [4.78, 5) is 8.81. The van der Waals surface area contributed by atoms with Gasteiger partial charge in [0.1, 0.15) is 6.29 Å². The molecule has 26 heavy (non-hydrogen) atoms. The van der Waals surface area contributed by atoms with Gasteiger partial charge in [0.25, 0.3) is 0 Å². The van der Waals surface area contributed by atoms with Gasteiger partial charge < -0.3 is 20.2 Å². The number of fused-ring (bicyclic) bond motifs is 3. The van der Waals surface area contributed by atoms with E-state index in [0.29, 0.717) is 36.5 Å². The highest BCUT2D eigenvalue weighted by Crippen LogP contribution is 2.60. The van der Waals surface area contributed by atoms with Crippen molar-refractivity contribution < 1.29 is 20.2 Å². The molecule has 0 saturated heterocycles. The average molecular weight is 366 g/mol. The Morgan fingerprint density at radius 2 is 1.92 bits per heavy atom. The van der Waals surface area contributed by atoms with E-state index < -0.39 is 12.2 Å². The maximum Gasteiger partial charge on any atom is 0.116 e. The molecule has 3 N–H and O–H groups in total. The molecule has 3 aliphatic carbocycles. The van der Waals surface area contributed by atoms with E-state index in [9.17, 15) is 15.4 Å². The zero-order valence-corrected chi connectivity index (χ0v) is 16.6. The summed E-state index contributed by atoms with van der Waals surface area (Å²) >= 11 is 0. The molecule has 2 fully saturated rings. The minimum Gasteiger partial charge on any atom is -0.411 e. The molecule has 0 aromatic carbocycles. The summed E-state index contributed by atoms with van der Waals surface area (Å²) in [6.07, 6.45) is 7.50. The van der Waals surface area contributed by atoms with Crippen molar-refractivity contribution in [1.29, 1.82) is 0 Å². The van der Waals surface area contributed by atoms with Crippen molar-refractivity contribution in [1.82, 2.24) is 0 Å². The van der Waals surface area contributed by atoms with Gasteiger partial charge in [-0.3, -0.25) is 0 Å². The van der Waals surface area contributed by atoms with E-state index in [4.69, 9.17) is 4.79 Å². The number of aldehydes is 1. The average Bonchev–Trinajstić information content (AvgIpc) is 2.95. The van der Waals surface area contributed by atoms with Crippen molar-refractivity contribution in [3.63, 3.8) is 0 Å². The molecule has 0 aromatic rings. The zero-order chi connectivity index (χ0) is 19.5. The number of carbonyl (C=O) groups excluding carboxylic acids is 1. The van der Waals surface area contributed by atoms with E-state index in [0.717, 1.165) is 37.7 Å². The first-order chi connectivity index (χ1) is 12.3. The molecule has 0 bridgehead atoms. The first-order valence-electron chi connectivity index (χ1n) is 9.94. The lowest BCUT2D eigenvalue weighted by Crippen LogP contribution is -2.42. The fraction of sp³-hybridized carbons (Fsp3) is 0.810. The van der Waals surface area contributed by atoms with Crippen LogP contribution in [0.4, 0.5) is 0 Å². The van der Waals surface area contributed by atoms with Crippen LogP contribution in [0.1, 0.15) is 66.2 Å². The second kappa shape index (κ2) is 8.66. The van der Waals surface area contributed by atoms with Crippen LogP contribution < -0.4 is 0 Å². The Balaban J connectivity index is 0.000000758. The maximum atomic E-state index is 10.1. The number of carbonyl (C=O) groups is 1. The number of hydrogen-bond donors (Lipinski definition) is 3. The molecule has 0 radical (unpaired) electrons. The molecular weight excluding hydrogens is 330 g/mol. The molecule has 5 nitrogen and oxygen atoms in total. The number of oxime groups is 1. The van der Waals surface area contributed by atoms with Crippen LogP contribution >= 0.6 is 0 Å². The predicted octanol–water partition coefficient (Wildman–Crippen LogP) is 3.56. The standard InChI is InChI=1S/C19H31NO3.C2H4O/c1-11-10-18(22)17(21)7-4-14-13(11)8-9-19(3)15(12(2)20-23)5-6-16(14)19;1-2-3/h4,11,13,15-18,21-23H,5-10H2,1-3H3;2H,1H3/b14-4+,20-12-;. The fourth-order valence-electron chi connectivity index (χ4n) is 5.80. The number of hydrogen-bond acceptors (Lipinski definition) is 5. The predicted molar refractivity (Wildman–Crippen MR) is 102 cm³/mol. The SMILES string of the molecule is C/C(=N/O)C1CCC2/C3=C/CC(O)C(O)CC(C)C3CCC12C.CC=O. The monoisotopic (exact) mass is 365 g/mol. The zero-order valence-electron chi connectivity index (χ0n) is 16.6. The Morgan fingerprint density at radius 1 is 1.27 bits per heavy atom. The van der Waals surface area contributed by atoms with E-state index in [1.807, 2.05) is 6.92 Å². The van der Waals surface area contributed by atoms with Gasteiger partial charge in [-0.05, 0) is 75.5 Å². The second-order valence-electron chi connectivity index (χ2n) is 8.60. The van der Waals surface area contributed by atoms with E-state index >= 15 is 0 Å².